The molecule has 4 rings (SSSR count). The number of rotatable bonds is 6. The summed E-state index contributed by atoms with van der Waals surface area (Å²) in [5, 5.41) is 0. The average molecular weight is 433 g/mol. The van der Waals surface area contributed by atoms with E-state index in [1.807, 2.05) is 0 Å². The van der Waals surface area contributed by atoms with Crippen LogP contribution >= 0.6 is 0 Å². The third kappa shape index (κ3) is 5.04. The highest BCUT2D eigenvalue weighted by atomic mass is 16.5. The quantitative estimate of drug-likeness (QED) is 0.454. The van der Waals surface area contributed by atoms with Crippen molar-refractivity contribution in [2.75, 3.05) is 26.3 Å². The summed E-state index contributed by atoms with van der Waals surface area (Å²) in [6, 6.07) is 1.59. The molecule has 2 aliphatic carbocycles. The molecule has 0 amide bonds. The minimum absolute atomic E-state index is 0.321. The maximum atomic E-state index is 6.36. The molecule has 31 heavy (non-hydrogen) atoms. The van der Waals surface area contributed by atoms with Gasteiger partial charge in [-0.25, -0.2) is 0 Å². The van der Waals surface area contributed by atoms with Gasteiger partial charge in [-0.15, -0.1) is 0 Å². The summed E-state index contributed by atoms with van der Waals surface area (Å²) in [5.41, 5.74) is 0.642. The predicted octanol–water partition coefficient (Wildman–Crippen LogP) is 6.36. The molecule has 2 heterocycles. The molecule has 2 aliphatic heterocycles. The molecular weight excluding hydrogens is 380 g/mol. The van der Waals surface area contributed by atoms with Crippen LogP contribution in [0.5, 0.6) is 0 Å². The molecule has 0 aromatic rings. The standard InChI is InChI=1S/C28H52N2O/c1-21-19-27(3,4)29(25-13-9-7-11-23(21)25)15-17-31-18-16-30-26-14-10-8-12-24(26)22(2)20-28(30,5)6/h21-26H,7-20H2,1-6H3. The normalized spacial score (nSPS) is 40.8. The minimum Gasteiger partial charge on any atom is -0.379 e. The Hall–Kier alpha value is -0.120. The lowest BCUT2D eigenvalue weighted by molar-refractivity contribution is -0.0832. The van der Waals surface area contributed by atoms with Gasteiger partial charge in [0.1, 0.15) is 0 Å². The summed E-state index contributed by atoms with van der Waals surface area (Å²) in [5.74, 6) is 3.59. The van der Waals surface area contributed by atoms with Crippen LogP contribution in [0.3, 0.4) is 0 Å². The van der Waals surface area contributed by atoms with E-state index in [0.29, 0.717) is 11.1 Å². The Bertz CT molecular complexity index is 538. The zero-order valence-electron chi connectivity index (χ0n) is 21.7. The van der Waals surface area contributed by atoms with E-state index in [-0.39, 0.29) is 0 Å². The van der Waals surface area contributed by atoms with E-state index in [9.17, 15) is 0 Å². The molecule has 0 radical (unpaired) electrons. The monoisotopic (exact) mass is 432 g/mol. The first-order valence-electron chi connectivity index (χ1n) is 13.8. The number of fused-ring (bicyclic) bond motifs is 2. The lowest BCUT2D eigenvalue weighted by Crippen LogP contribution is -2.61. The van der Waals surface area contributed by atoms with Crippen LogP contribution in [0.15, 0.2) is 0 Å². The van der Waals surface area contributed by atoms with Gasteiger partial charge < -0.3 is 4.74 Å². The van der Waals surface area contributed by atoms with Crippen molar-refractivity contribution in [2.24, 2.45) is 23.7 Å². The van der Waals surface area contributed by atoms with Crippen molar-refractivity contribution < 1.29 is 4.74 Å². The lowest BCUT2D eigenvalue weighted by atomic mass is 9.67. The van der Waals surface area contributed by atoms with Gasteiger partial charge in [-0.05, 0) is 89.9 Å². The summed E-state index contributed by atoms with van der Waals surface area (Å²) in [7, 11) is 0. The highest BCUT2D eigenvalue weighted by Gasteiger charge is 2.46. The van der Waals surface area contributed by atoms with Crippen molar-refractivity contribution in [1.29, 1.82) is 0 Å². The fraction of sp³-hybridized carbons (Fsp3) is 1.00. The molecule has 6 unspecified atom stereocenters. The molecule has 0 spiro atoms. The second-order valence-electron chi connectivity index (χ2n) is 13.0. The van der Waals surface area contributed by atoms with Crippen LogP contribution in [0.2, 0.25) is 0 Å². The third-order valence-electron chi connectivity index (χ3n) is 9.98. The highest BCUT2D eigenvalue weighted by Crippen LogP contribution is 2.46. The first-order chi connectivity index (χ1) is 14.7. The van der Waals surface area contributed by atoms with Gasteiger partial charge in [-0.1, -0.05) is 39.5 Å². The predicted molar refractivity (Wildman–Crippen MR) is 131 cm³/mol. The van der Waals surface area contributed by atoms with E-state index in [0.717, 1.165) is 62.1 Å². The van der Waals surface area contributed by atoms with E-state index < -0.39 is 0 Å². The lowest BCUT2D eigenvalue weighted by Gasteiger charge is -2.56. The van der Waals surface area contributed by atoms with Crippen molar-refractivity contribution in [3.8, 4) is 0 Å². The van der Waals surface area contributed by atoms with E-state index in [2.05, 4.69) is 51.3 Å². The van der Waals surface area contributed by atoms with Crippen molar-refractivity contribution in [2.45, 2.75) is 129 Å². The van der Waals surface area contributed by atoms with Crippen molar-refractivity contribution in [3.63, 3.8) is 0 Å². The molecule has 2 saturated carbocycles. The Labute approximate surface area is 193 Å². The van der Waals surface area contributed by atoms with Gasteiger partial charge in [0.2, 0.25) is 0 Å². The minimum atomic E-state index is 0.321. The Kier molecular flexibility index (Phi) is 7.46. The molecule has 4 aliphatic rings. The topological polar surface area (TPSA) is 15.7 Å². The maximum Gasteiger partial charge on any atom is 0.0594 e. The van der Waals surface area contributed by atoms with Crippen LogP contribution in [0.1, 0.15) is 106 Å². The van der Waals surface area contributed by atoms with Crippen LogP contribution in [-0.4, -0.2) is 59.3 Å². The first-order valence-corrected chi connectivity index (χ1v) is 13.8. The molecule has 0 N–H and O–H groups in total. The second-order valence-corrected chi connectivity index (χ2v) is 13.0. The molecule has 6 atom stereocenters. The largest absolute Gasteiger partial charge is 0.379 e. The molecule has 3 heteroatoms. The summed E-state index contributed by atoms with van der Waals surface area (Å²) in [6.45, 7) is 19.0. The van der Waals surface area contributed by atoms with Gasteiger partial charge in [0.15, 0.2) is 0 Å². The molecule has 3 nitrogen and oxygen atoms in total. The second kappa shape index (κ2) is 9.63. The molecular formula is C28H52N2O. The van der Waals surface area contributed by atoms with Gasteiger partial charge in [0, 0.05) is 36.3 Å². The van der Waals surface area contributed by atoms with Crippen molar-refractivity contribution in [1.82, 2.24) is 9.80 Å². The van der Waals surface area contributed by atoms with Crippen LogP contribution < -0.4 is 0 Å². The fourth-order valence-electron chi connectivity index (χ4n) is 8.76. The Balaban J connectivity index is 1.29. The third-order valence-corrected chi connectivity index (χ3v) is 9.98. The Morgan fingerprint density at radius 2 is 1.03 bits per heavy atom. The van der Waals surface area contributed by atoms with E-state index >= 15 is 0 Å². The number of hydrogen-bond donors (Lipinski definition) is 0. The molecule has 180 valence electrons. The molecule has 0 aromatic heterocycles. The summed E-state index contributed by atoms with van der Waals surface area (Å²) < 4.78 is 6.36. The van der Waals surface area contributed by atoms with Crippen LogP contribution in [-0.2, 0) is 4.74 Å². The SMILES string of the molecule is CC1CC(C)(C)N(CCOCCN2C3CCCCC3C(C)CC2(C)C)C2CCCCC12. The van der Waals surface area contributed by atoms with Gasteiger partial charge in [0.25, 0.3) is 0 Å². The van der Waals surface area contributed by atoms with Gasteiger partial charge in [0.05, 0.1) is 13.2 Å². The molecule has 4 fully saturated rings. The number of ether oxygens (including phenoxy) is 1. The molecule has 0 bridgehead atoms. The number of nitrogens with zero attached hydrogens (tertiary/aromatic N) is 2. The first kappa shape index (κ1) is 24.0. The van der Waals surface area contributed by atoms with Crippen LogP contribution in [0, 0.1) is 23.7 Å². The van der Waals surface area contributed by atoms with Gasteiger partial charge >= 0.3 is 0 Å². The number of hydrogen-bond acceptors (Lipinski definition) is 3. The maximum absolute atomic E-state index is 6.36. The zero-order chi connectivity index (χ0) is 22.2. The molecule has 0 aromatic carbocycles. The summed E-state index contributed by atoms with van der Waals surface area (Å²) >= 11 is 0. The summed E-state index contributed by atoms with van der Waals surface area (Å²) in [4.78, 5) is 5.70. The fourth-order valence-corrected chi connectivity index (χ4v) is 8.76. The summed E-state index contributed by atoms with van der Waals surface area (Å²) in [6.07, 6.45) is 14.1. The van der Waals surface area contributed by atoms with Crippen LogP contribution in [0.25, 0.3) is 0 Å². The Morgan fingerprint density at radius 1 is 0.645 bits per heavy atom. The van der Waals surface area contributed by atoms with Gasteiger partial charge in [-0.2, -0.15) is 0 Å². The smallest absolute Gasteiger partial charge is 0.0594 e. The Morgan fingerprint density at radius 3 is 1.45 bits per heavy atom. The zero-order valence-corrected chi connectivity index (χ0v) is 21.7. The van der Waals surface area contributed by atoms with Gasteiger partial charge in [-0.3, -0.25) is 9.80 Å². The highest BCUT2D eigenvalue weighted by molar-refractivity contribution is 5.01. The molecule has 2 saturated heterocycles. The van der Waals surface area contributed by atoms with Crippen molar-refractivity contribution in [3.05, 3.63) is 0 Å². The number of likely N-dealkylation sites (tertiary alicyclic amines) is 2. The number of piperidine rings is 2. The average Bonchev–Trinajstić information content (AvgIpc) is 2.71. The van der Waals surface area contributed by atoms with Crippen molar-refractivity contribution >= 4 is 0 Å². The van der Waals surface area contributed by atoms with Crippen LogP contribution in [0.4, 0.5) is 0 Å². The van der Waals surface area contributed by atoms with E-state index in [1.165, 1.54) is 64.2 Å². The van der Waals surface area contributed by atoms with E-state index in [1.54, 1.807) is 0 Å². The van der Waals surface area contributed by atoms with E-state index in [4.69, 9.17) is 4.74 Å².